The highest BCUT2D eigenvalue weighted by molar-refractivity contribution is 4.90. The summed E-state index contributed by atoms with van der Waals surface area (Å²) in [4.78, 5) is 0. The third-order valence-corrected chi connectivity index (χ3v) is 0.549. The summed E-state index contributed by atoms with van der Waals surface area (Å²) in [7, 11) is 0. The maximum atomic E-state index is 11.5. The summed E-state index contributed by atoms with van der Waals surface area (Å²) in [6.07, 6.45) is 3.66. The van der Waals surface area contributed by atoms with Crippen LogP contribution in [-0.4, -0.2) is 0 Å². The summed E-state index contributed by atoms with van der Waals surface area (Å²) in [5.41, 5.74) is 0. The molecule has 0 saturated carbocycles. The Morgan fingerprint density at radius 2 is 2.43 bits per heavy atom. The molecule has 0 aliphatic carbocycles. The van der Waals surface area contributed by atoms with E-state index >= 15 is 0 Å². The number of rotatable bonds is 2. The van der Waals surface area contributed by atoms with Crippen molar-refractivity contribution >= 4 is 0 Å². The Balaban J connectivity index is 3.14. The van der Waals surface area contributed by atoms with Crippen LogP contribution in [0.2, 0.25) is 0 Å². The van der Waals surface area contributed by atoms with E-state index in [1.54, 1.807) is 12.2 Å². The third-order valence-electron chi connectivity index (χ3n) is 0.549. The predicted octanol–water partition coefficient (Wildman–Crippen LogP) is 2.24. The van der Waals surface area contributed by atoms with Gasteiger partial charge in [-0.15, -0.1) is 0 Å². The second kappa shape index (κ2) is 3.59. The highest BCUT2D eigenvalue weighted by atomic mass is 19.1. The van der Waals surface area contributed by atoms with Crippen LogP contribution in [0.5, 0.6) is 0 Å². The Kier molecular flexibility index (Phi) is 3.29. The topological polar surface area (TPSA) is 0 Å². The monoisotopic (exact) mass is 99.1 g/mol. The molecule has 1 heteroatoms. The number of hydrogen-bond acceptors (Lipinski definition) is 0. The zero-order valence-electron chi connectivity index (χ0n) is 4.32. The molecule has 0 aliphatic heterocycles. The van der Waals surface area contributed by atoms with Gasteiger partial charge in [0.15, 0.2) is 0 Å². The lowest BCUT2D eigenvalue weighted by Gasteiger charge is -1.79. The van der Waals surface area contributed by atoms with Gasteiger partial charge >= 0.3 is 0 Å². The summed E-state index contributed by atoms with van der Waals surface area (Å²) >= 11 is 0. The second-order valence-corrected chi connectivity index (χ2v) is 1.22. The van der Waals surface area contributed by atoms with E-state index in [0.29, 0.717) is 0 Å². The third kappa shape index (κ3) is 5.41. The van der Waals surface area contributed by atoms with Crippen molar-refractivity contribution in [2.24, 2.45) is 0 Å². The molecule has 0 bridgehead atoms. The van der Waals surface area contributed by atoms with E-state index in [1.165, 1.54) is 0 Å². The summed E-state index contributed by atoms with van der Waals surface area (Å²) in [6.45, 7) is 6.50. The van der Waals surface area contributed by atoms with Crippen molar-refractivity contribution in [1.82, 2.24) is 0 Å². The molecule has 0 atom stereocenters. The number of hydrogen-bond donors (Lipinski definition) is 0. The molecule has 0 fully saturated rings. The Morgan fingerprint density at radius 3 is 2.57 bits per heavy atom. The molecule has 0 amide bonds. The van der Waals surface area contributed by atoms with Crippen LogP contribution in [0.15, 0.2) is 18.0 Å². The van der Waals surface area contributed by atoms with E-state index in [9.17, 15) is 4.39 Å². The van der Waals surface area contributed by atoms with E-state index in [2.05, 4.69) is 6.58 Å². The second-order valence-electron chi connectivity index (χ2n) is 1.22. The van der Waals surface area contributed by atoms with Crippen molar-refractivity contribution in [3.8, 4) is 0 Å². The van der Waals surface area contributed by atoms with Crippen molar-refractivity contribution in [2.45, 2.75) is 13.3 Å². The van der Waals surface area contributed by atoms with Gasteiger partial charge in [0.05, 0.1) is 0 Å². The van der Waals surface area contributed by atoms with Crippen LogP contribution in [0.1, 0.15) is 13.3 Å². The Morgan fingerprint density at radius 1 is 1.86 bits per heavy atom. The molecule has 0 heterocycles. The first-order valence-electron chi connectivity index (χ1n) is 2.15. The Labute approximate surface area is 43.4 Å². The van der Waals surface area contributed by atoms with Gasteiger partial charge in [-0.2, -0.15) is 0 Å². The highest BCUT2D eigenvalue weighted by Crippen LogP contribution is 1.97. The van der Waals surface area contributed by atoms with Crippen molar-refractivity contribution in [3.05, 3.63) is 24.6 Å². The lowest BCUT2D eigenvalue weighted by atomic mass is 10.4. The fraction of sp³-hybridized carbons (Fsp3) is 0.333. The maximum absolute atomic E-state index is 11.5. The van der Waals surface area contributed by atoms with Gasteiger partial charge in [0.1, 0.15) is 5.83 Å². The van der Waals surface area contributed by atoms with Gasteiger partial charge in [-0.25, -0.2) is 4.39 Å². The molecule has 0 nitrogen and oxygen atoms in total. The highest BCUT2D eigenvalue weighted by Gasteiger charge is 1.79. The Bertz CT molecular complexity index is 82.2. The SMILES string of the molecule is [CH]=C(F)CC=CC. The quantitative estimate of drug-likeness (QED) is 0.466. The van der Waals surface area contributed by atoms with Crippen LogP contribution in [0.4, 0.5) is 4.39 Å². The molecule has 39 valence electrons. The molecule has 0 rings (SSSR count). The van der Waals surface area contributed by atoms with Crippen molar-refractivity contribution < 1.29 is 4.39 Å². The zero-order valence-corrected chi connectivity index (χ0v) is 4.32. The maximum Gasteiger partial charge on any atom is 0.104 e. The van der Waals surface area contributed by atoms with Crippen LogP contribution in [0, 0.1) is 6.58 Å². The van der Waals surface area contributed by atoms with Crippen LogP contribution < -0.4 is 0 Å². The zero-order chi connectivity index (χ0) is 5.70. The van der Waals surface area contributed by atoms with Crippen LogP contribution in [0.25, 0.3) is 0 Å². The summed E-state index contributed by atoms with van der Waals surface area (Å²) in [5.74, 6) is -0.530. The van der Waals surface area contributed by atoms with Gasteiger partial charge in [-0.1, -0.05) is 12.2 Å². The van der Waals surface area contributed by atoms with E-state index in [1.807, 2.05) is 6.92 Å². The van der Waals surface area contributed by atoms with Crippen LogP contribution in [-0.2, 0) is 0 Å². The fourth-order valence-electron chi connectivity index (χ4n) is 0.230. The molecule has 0 aromatic heterocycles. The van der Waals surface area contributed by atoms with Crippen LogP contribution in [0.3, 0.4) is 0 Å². The average Bonchev–Trinajstić information content (AvgIpc) is 1.61. The lowest BCUT2D eigenvalue weighted by Crippen LogP contribution is -1.61. The van der Waals surface area contributed by atoms with Gasteiger partial charge in [-0.05, 0) is 13.5 Å². The smallest absolute Gasteiger partial charge is 0.104 e. The summed E-state index contributed by atoms with van der Waals surface area (Å²) in [6, 6.07) is 0. The van der Waals surface area contributed by atoms with Crippen molar-refractivity contribution in [3.63, 3.8) is 0 Å². The normalized spacial score (nSPS) is 10.0. The van der Waals surface area contributed by atoms with Crippen molar-refractivity contribution in [1.29, 1.82) is 0 Å². The minimum atomic E-state index is -0.530. The molecular formula is C6H8F. The number of halogens is 1. The first-order chi connectivity index (χ1) is 3.27. The van der Waals surface area contributed by atoms with Gasteiger partial charge in [0.25, 0.3) is 0 Å². The van der Waals surface area contributed by atoms with Gasteiger partial charge < -0.3 is 0 Å². The first kappa shape index (κ1) is 6.41. The fourth-order valence-corrected chi connectivity index (χ4v) is 0.230. The molecule has 0 aliphatic rings. The molecule has 7 heavy (non-hydrogen) atoms. The Hall–Kier alpha value is -0.590. The minimum absolute atomic E-state index is 0.247. The molecule has 0 aromatic rings. The molecule has 0 aromatic carbocycles. The lowest BCUT2D eigenvalue weighted by molar-refractivity contribution is 0.619. The summed E-state index contributed by atoms with van der Waals surface area (Å²) < 4.78 is 11.5. The van der Waals surface area contributed by atoms with Gasteiger partial charge in [-0.3, -0.25) is 0 Å². The molecule has 0 unspecified atom stereocenters. The van der Waals surface area contributed by atoms with E-state index in [4.69, 9.17) is 0 Å². The largest absolute Gasteiger partial charge is 0.211 e. The van der Waals surface area contributed by atoms with Crippen LogP contribution >= 0.6 is 0 Å². The minimum Gasteiger partial charge on any atom is -0.211 e. The van der Waals surface area contributed by atoms with Crippen molar-refractivity contribution in [2.75, 3.05) is 0 Å². The molecular weight excluding hydrogens is 91.1 g/mol. The first-order valence-corrected chi connectivity index (χ1v) is 2.15. The number of allylic oxidation sites excluding steroid dienone is 3. The van der Waals surface area contributed by atoms with Gasteiger partial charge in [0.2, 0.25) is 0 Å². The van der Waals surface area contributed by atoms with Gasteiger partial charge in [0, 0.05) is 6.42 Å². The summed E-state index contributed by atoms with van der Waals surface area (Å²) in [5, 5.41) is 0. The standard InChI is InChI=1S/C6H8F/c1-3-4-5-6(2)7/h2-4H,5H2,1H3. The van der Waals surface area contributed by atoms with E-state index < -0.39 is 5.83 Å². The van der Waals surface area contributed by atoms with E-state index in [0.717, 1.165) is 0 Å². The predicted molar refractivity (Wildman–Crippen MR) is 28.4 cm³/mol. The average molecular weight is 99.1 g/mol. The van der Waals surface area contributed by atoms with E-state index in [-0.39, 0.29) is 6.42 Å². The molecule has 1 radical (unpaired) electrons. The molecule has 0 spiro atoms. The molecule has 0 N–H and O–H groups in total. The molecule has 0 saturated heterocycles.